The Kier molecular flexibility index (Phi) is 4.90. The summed E-state index contributed by atoms with van der Waals surface area (Å²) >= 11 is 3.36. The summed E-state index contributed by atoms with van der Waals surface area (Å²) in [6.07, 6.45) is -4.56. The van der Waals surface area contributed by atoms with E-state index in [-0.39, 0.29) is 5.56 Å². The van der Waals surface area contributed by atoms with E-state index in [0.29, 0.717) is 0 Å². The molecule has 1 amide bonds. The summed E-state index contributed by atoms with van der Waals surface area (Å²) in [6, 6.07) is 11.5. The van der Waals surface area contributed by atoms with Crippen LogP contribution in [0.25, 0.3) is 0 Å². The zero-order valence-corrected chi connectivity index (χ0v) is 13.2. The lowest BCUT2D eigenvalue weighted by atomic mass is 10.0. The second kappa shape index (κ2) is 6.52. The summed E-state index contributed by atoms with van der Waals surface area (Å²) in [6.45, 7) is 1.72. The van der Waals surface area contributed by atoms with Crippen LogP contribution in [0.5, 0.6) is 0 Å². The molecule has 0 aliphatic carbocycles. The predicted octanol–water partition coefficient (Wildman–Crippen LogP) is 4.96. The number of carbonyl (C=O) groups excluding carboxylic acids is 1. The van der Waals surface area contributed by atoms with E-state index >= 15 is 0 Å². The van der Waals surface area contributed by atoms with Crippen LogP contribution in [0, 0.1) is 0 Å². The molecular formula is C16H13BrF3NO. The zero-order chi connectivity index (χ0) is 16.3. The fraction of sp³-hybridized carbons (Fsp3) is 0.188. The summed E-state index contributed by atoms with van der Waals surface area (Å²) in [5.74, 6) is -0.754. The highest BCUT2D eigenvalue weighted by molar-refractivity contribution is 9.10. The number of alkyl halides is 3. The van der Waals surface area contributed by atoms with Gasteiger partial charge in [0.1, 0.15) is 0 Å². The predicted molar refractivity (Wildman–Crippen MR) is 81.5 cm³/mol. The van der Waals surface area contributed by atoms with Crippen molar-refractivity contribution in [1.29, 1.82) is 0 Å². The maximum atomic E-state index is 12.9. The molecular weight excluding hydrogens is 359 g/mol. The number of nitrogens with one attached hydrogen (secondary N) is 1. The SMILES string of the molecule is C[C@@H](NC(=O)c1ccccc1C(F)(F)F)c1ccccc1Br. The summed E-state index contributed by atoms with van der Waals surface area (Å²) in [5.41, 5.74) is -0.527. The van der Waals surface area contributed by atoms with Gasteiger partial charge in [-0.15, -0.1) is 0 Å². The molecule has 1 N–H and O–H groups in total. The van der Waals surface area contributed by atoms with Crippen molar-refractivity contribution in [2.45, 2.75) is 19.1 Å². The summed E-state index contributed by atoms with van der Waals surface area (Å²) in [5, 5.41) is 2.60. The van der Waals surface area contributed by atoms with Gasteiger partial charge in [-0.2, -0.15) is 13.2 Å². The van der Waals surface area contributed by atoms with Crippen LogP contribution in [0.4, 0.5) is 13.2 Å². The minimum Gasteiger partial charge on any atom is -0.345 e. The minimum atomic E-state index is -4.56. The first-order valence-electron chi connectivity index (χ1n) is 6.52. The lowest BCUT2D eigenvalue weighted by Crippen LogP contribution is -2.29. The fourth-order valence-electron chi connectivity index (χ4n) is 2.11. The van der Waals surface area contributed by atoms with Crippen LogP contribution in [0.2, 0.25) is 0 Å². The largest absolute Gasteiger partial charge is 0.417 e. The smallest absolute Gasteiger partial charge is 0.345 e. The van der Waals surface area contributed by atoms with Gasteiger partial charge in [0.15, 0.2) is 0 Å². The average molecular weight is 372 g/mol. The number of rotatable bonds is 3. The first kappa shape index (κ1) is 16.5. The Hall–Kier alpha value is -1.82. The topological polar surface area (TPSA) is 29.1 Å². The van der Waals surface area contributed by atoms with Crippen molar-refractivity contribution in [2.75, 3.05) is 0 Å². The van der Waals surface area contributed by atoms with E-state index in [4.69, 9.17) is 0 Å². The van der Waals surface area contributed by atoms with Gasteiger partial charge >= 0.3 is 6.18 Å². The number of hydrogen-bond acceptors (Lipinski definition) is 1. The zero-order valence-electron chi connectivity index (χ0n) is 11.6. The van der Waals surface area contributed by atoms with Crippen molar-refractivity contribution in [3.8, 4) is 0 Å². The number of amides is 1. The lowest BCUT2D eigenvalue weighted by Gasteiger charge is -2.18. The van der Waals surface area contributed by atoms with Crippen LogP contribution in [0.3, 0.4) is 0 Å². The summed E-state index contributed by atoms with van der Waals surface area (Å²) < 4.78 is 39.6. The van der Waals surface area contributed by atoms with Gasteiger partial charge in [-0.25, -0.2) is 0 Å². The first-order valence-corrected chi connectivity index (χ1v) is 7.31. The highest BCUT2D eigenvalue weighted by Gasteiger charge is 2.35. The van der Waals surface area contributed by atoms with Crippen LogP contribution in [-0.2, 0) is 6.18 Å². The summed E-state index contributed by atoms with van der Waals surface area (Å²) in [7, 11) is 0. The molecule has 0 heterocycles. The molecule has 0 fully saturated rings. The summed E-state index contributed by atoms with van der Waals surface area (Å²) in [4.78, 5) is 12.2. The molecule has 0 saturated carbocycles. The van der Waals surface area contributed by atoms with Crippen molar-refractivity contribution in [3.63, 3.8) is 0 Å². The Morgan fingerprint density at radius 1 is 1.09 bits per heavy atom. The van der Waals surface area contributed by atoms with Crippen molar-refractivity contribution < 1.29 is 18.0 Å². The number of carbonyl (C=O) groups is 1. The van der Waals surface area contributed by atoms with E-state index in [9.17, 15) is 18.0 Å². The van der Waals surface area contributed by atoms with Gasteiger partial charge in [0, 0.05) is 4.47 Å². The third-order valence-corrected chi connectivity index (χ3v) is 3.92. The third-order valence-electron chi connectivity index (χ3n) is 3.20. The van der Waals surface area contributed by atoms with E-state index in [1.165, 1.54) is 18.2 Å². The quantitative estimate of drug-likeness (QED) is 0.811. The molecule has 0 saturated heterocycles. The molecule has 0 aromatic heterocycles. The van der Waals surface area contributed by atoms with Gasteiger partial charge in [0.05, 0.1) is 17.2 Å². The molecule has 0 aliphatic heterocycles. The molecule has 1 atom stereocenters. The van der Waals surface area contributed by atoms with Gasteiger partial charge in [-0.1, -0.05) is 46.3 Å². The van der Waals surface area contributed by atoms with Crippen LogP contribution < -0.4 is 5.32 Å². The van der Waals surface area contributed by atoms with E-state index in [1.54, 1.807) is 19.1 Å². The molecule has 0 unspecified atom stereocenters. The highest BCUT2D eigenvalue weighted by atomic mass is 79.9. The highest BCUT2D eigenvalue weighted by Crippen LogP contribution is 2.32. The van der Waals surface area contributed by atoms with Gasteiger partial charge in [0.25, 0.3) is 5.91 Å². The standard InChI is InChI=1S/C16H13BrF3NO/c1-10(11-6-3-5-9-14(11)17)21-15(22)12-7-2-4-8-13(12)16(18,19)20/h2-10H,1H3,(H,21,22)/t10-/m1/s1. The van der Waals surface area contributed by atoms with Crippen molar-refractivity contribution in [3.05, 3.63) is 69.7 Å². The molecule has 2 rings (SSSR count). The molecule has 2 aromatic carbocycles. The lowest BCUT2D eigenvalue weighted by molar-refractivity contribution is -0.137. The fourth-order valence-corrected chi connectivity index (χ4v) is 2.73. The Balaban J connectivity index is 2.25. The van der Waals surface area contributed by atoms with Crippen molar-refractivity contribution in [2.24, 2.45) is 0 Å². The number of halogens is 4. The van der Waals surface area contributed by atoms with Crippen molar-refractivity contribution >= 4 is 21.8 Å². The Morgan fingerprint density at radius 2 is 1.68 bits per heavy atom. The second-order valence-corrected chi connectivity index (χ2v) is 5.61. The van der Waals surface area contributed by atoms with Crippen LogP contribution in [0.1, 0.15) is 34.5 Å². The molecule has 2 nitrogen and oxygen atoms in total. The molecule has 0 spiro atoms. The van der Waals surface area contributed by atoms with E-state index in [1.807, 2.05) is 12.1 Å². The normalized spacial score (nSPS) is 12.8. The maximum Gasteiger partial charge on any atom is 0.417 e. The van der Waals surface area contributed by atoms with Crippen molar-refractivity contribution in [1.82, 2.24) is 5.32 Å². The molecule has 2 aromatic rings. The Morgan fingerprint density at radius 3 is 2.32 bits per heavy atom. The van der Waals surface area contributed by atoms with E-state index in [0.717, 1.165) is 16.1 Å². The van der Waals surface area contributed by atoms with Gasteiger partial charge in [-0.05, 0) is 30.7 Å². The molecule has 6 heteroatoms. The molecule has 0 radical (unpaired) electrons. The Labute approximate surface area is 134 Å². The molecule has 116 valence electrons. The third kappa shape index (κ3) is 3.68. The van der Waals surface area contributed by atoms with Crippen LogP contribution >= 0.6 is 15.9 Å². The average Bonchev–Trinajstić information content (AvgIpc) is 2.46. The van der Waals surface area contributed by atoms with Crippen LogP contribution in [0.15, 0.2) is 53.0 Å². The number of benzene rings is 2. The maximum absolute atomic E-state index is 12.9. The van der Waals surface area contributed by atoms with Gasteiger partial charge in [-0.3, -0.25) is 4.79 Å². The Bertz CT molecular complexity index is 685. The molecule has 0 bridgehead atoms. The van der Waals surface area contributed by atoms with Gasteiger partial charge < -0.3 is 5.32 Å². The minimum absolute atomic E-state index is 0.381. The first-order chi connectivity index (χ1) is 10.3. The number of hydrogen-bond donors (Lipinski definition) is 1. The van der Waals surface area contributed by atoms with E-state index < -0.39 is 23.7 Å². The monoisotopic (exact) mass is 371 g/mol. The van der Waals surface area contributed by atoms with E-state index in [2.05, 4.69) is 21.2 Å². The van der Waals surface area contributed by atoms with Crippen LogP contribution in [-0.4, -0.2) is 5.91 Å². The second-order valence-electron chi connectivity index (χ2n) is 4.76. The van der Waals surface area contributed by atoms with Gasteiger partial charge in [0.2, 0.25) is 0 Å². The molecule has 0 aliphatic rings. The molecule has 22 heavy (non-hydrogen) atoms.